The molecule has 1 aromatic carbocycles. The molecular weight excluding hydrogens is 280 g/mol. The summed E-state index contributed by atoms with van der Waals surface area (Å²) in [6.45, 7) is 0. The minimum absolute atomic E-state index is 0.655. The van der Waals surface area contributed by atoms with E-state index in [1.54, 1.807) is 12.1 Å². The Morgan fingerprint density at radius 3 is 2.86 bits per heavy atom. The highest BCUT2D eigenvalue weighted by Crippen LogP contribution is 2.25. The molecule has 1 heterocycles. The SMILES string of the molecule is N#Cc1ccc(-c2csc(NN=C3C=CCCC3)n2)cc1. The first kappa shape index (κ1) is 13.5. The molecule has 0 saturated heterocycles. The summed E-state index contributed by atoms with van der Waals surface area (Å²) in [7, 11) is 0. The molecule has 0 aliphatic heterocycles. The van der Waals surface area contributed by atoms with Crippen molar-refractivity contribution in [3.8, 4) is 17.3 Å². The fourth-order valence-electron chi connectivity index (χ4n) is 2.09. The van der Waals surface area contributed by atoms with Crippen molar-refractivity contribution in [2.45, 2.75) is 19.3 Å². The van der Waals surface area contributed by atoms with Crippen LogP contribution in [-0.2, 0) is 0 Å². The molecule has 0 bridgehead atoms. The monoisotopic (exact) mass is 294 g/mol. The van der Waals surface area contributed by atoms with Crippen LogP contribution in [0.1, 0.15) is 24.8 Å². The van der Waals surface area contributed by atoms with Gasteiger partial charge in [0, 0.05) is 10.9 Å². The van der Waals surface area contributed by atoms with Crippen LogP contribution in [0.5, 0.6) is 0 Å². The Kier molecular flexibility index (Phi) is 4.08. The van der Waals surface area contributed by atoms with Gasteiger partial charge >= 0.3 is 0 Å². The molecular formula is C16H14N4S. The highest BCUT2D eigenvalue weighted by Gasteiger charge is 2.05. The Morgan fingerprint density at radius 2 is 2.14 bits per heavy atom. The summed E-state index contributed by atoms with van der Waals surface area (Å²) >= 11 is 1.52. The van der Waals surface area contributed by atoms with Crippen LogP contribution in [-0.4, -0.2) is 10.7 Å². The largest absolute Gasteiger partial charge is 0.252 e. The molecule has 0 unspecified atom stereocenters. The maximum absolute atomic E-state index is 8.80. The lowest BCUT2D eigenvalue weighted by Crippen LogP contribution is -2.02. The van der Waals surface area contributed by atoms with Crippen LogP contribution in [0, 0.1) is 11.3 Å². The van der Waals surface area contributed by atoms with Crippen molar-refractivity contribution in [1.82, 2.24) is 4.98 Å². The van der Waals surface area contributed by atoms with Gasteiger partial charge in [-0.25, -0.2) is 4.98 Å². The number of nitrogens with one attached hydrogen (secondary N) is 1. The van der Waals surface area contributed by atoms with Gasteiger partial charge in [0.15, 0.2) is 0 Å². The van der Waals surface area contributed by atoms with E-state index in [1.807, 2.05) is 17.5 Å². The first-order valence-electron chi connectivity index (χ1n) is 6.80. The summed E-state index contributed by atoms with van der Waals surface area (Å²) in [5.74, 6) is 0. The predicted octanol–water partition coefficient (Wildman–Crippen LogP) is 4.19. The van der Waals surface area contributed by atoms with E-state index >= 15 is 0 Å². The Hall–Kier alpha value is -2.45. The van der Waals surface area contributed by atoms with Crippen LogP contribution in [0.15, 0.2) is 46.9 Å². The van der Waals surface area contributed by atoms with Crippen LogP contribution in [0.4, 0.5) is 5.13 Å². The number of hydrazone groups is 1. The summed E-state index contributed by atoms with van der Waals surface area (Å²) < 4.78 is 0. The zero-order chi connectivity index (χ0) is 14.5. The highest BCUT2D eigenvalue weighted by atomic mass is 32.1. The van der Waals surface area contributed by atoms with E-state index in [0.29, 0.717) is 5.56 Å². The molecule has 3 rings (SSSR count). The summed E-state index contributed by atoms with van der Waals surface area (Å²) in [5, 5.41) is 15.9. The van der Waals surface area contributed by atoms with Crippen LogP contribution in [0.3, 0.4) is 0 Å². The first-order valence-corrected chi connectivity index (χ1v) is 7.68. The number of rotatable bonds is 3. The van der Waals surface area contributed by atoms with Crippen molar-refractivity contribution in [2.75, 3.05) is 5.43 Å². The molecule has 104 valence electrons. The second-order valence-corrected chi connectivity index (χ2v) is 5.59. The van der Waals surface area contributed by atoms with Crippen molar-refractivity contribution >= 4 is 22.2 Å². The molecule has 5 heteroatoms. The van der Waals surface area contributed by atoms with Gasteiger partial charge in [-0.05, 0) is 37.5 Å². The van der Waals surface area contributed by atoms with Gasteiger partial charge in [-0.1, -0.05) is 18.2 Å². The zero-order valence-corrected chi connectivity index (χ0v) is 12.2. The lowest BCUT2D eigenvalue weighted by molar-refractivity contribution is 0.877. The number of hydrogen-bond donors (Lipinski definition) is 1. The van der Waals surface area contributed by atoms with E-state index in [4.69, 9.17) is 5.26 Å². The fraction of sp³-hybridized carbons (Fsp3) is 0.188. The number of thiazole rings is 1. The molecule has 1 aliphatic carbocycles. The number of nitrogens with zero attached hydrogens (tertiary/aromatic N) is 3. The van der Waals surface area contributed by atoms with Gasteiger partial charge in [0.2, 0.25) is 5.13 Å². The maximum Gasteiger partial charge on any atom is 0.203 e. The lowest BCUT2D eigenvalue weighted by atomic mass is 10.1. The Balaban J connectivity index is 1.72. The standard InChI is InChI=1S/C16H14N4S/c17-10-12-6-8-13(9-7-12)15-11-21-16(18-15)20-19-14-4-2-1-3-5-14/h2,4,6-9,11H,1,3,5H2,(H,18,20). The van der Waals surface area contributed by atoms with Crippen LogP contribution < -0.4 is 5.43 Å². The molecule has 1 N–H and O–H groups in total. The fourth-order valence-corrected chi connectivity index (χ4v) is 2.75. The smallest absolute Gasteiger partial charge is 0.203 e. The predicted molar refractivity (Wildman–Crippen MR) is 86.3 cm³/mol. The Bertz CT molecular complexity index is 719. The molecule has 2 aromatic rings. The van der Waals surface area contributed by atoms with E-state index in [2.05, 4.69) is 33.7 Å². The molecule has 1 aliphatic rings. The summed E-state index contributed by atoms with van der Waals surface area (Å²) in [6, 6.07) is 9.53. The Labute approximate surface area is 127 Å². The number of nitriles is 1. The van der Waals surface area contributed by atoms with Gasteiger partial charge in [-0.15, -0.1) is 11.3 Å². The van der Waals surface area contributed by atoms with Crippen molar-refractivity contribution in [3.05, 3.63) is 47.4 Å². The Morgan fingerprint density at radius 1 is 1.29 bits per heavy atom. The van der Waals surface area contributed by atoms with Crippen molar-refractivity contribution < 1.29 is 0 Å². The molecule has 0 saturated carbocycles. The third-order valence-electron chi connectivity index (χ3n) is 3.22. The number of allylic oxidation sites excluding steroid dienone is 2. The zero-order valence-electron chi connectivity index (χ0n) is 11.4. The summed E-state index contributed by atoms with van der Waals surface area (Å²) in [4.78, 5) is 4.51. The van der Waals surface area contributed by atoms with E-state index in [-0.39, 0.29) is 0 Å². The molecule has 1 aromatic heterocycles. The molecule has 0 fully saturated rings. The molecule has 0 spiro atoms. The van der Waals surface area contributed by atoms with E-state index < -0.39 is 0 Å². The molecule has 0 amide bonds. The third-order valence-corrected chi connectivity index (χ3v) is 3.97. The minimum atomic E-state index is 0.655. The second-order valence-electron chi connectivity index (χ2n) is 4.74. The average Bonchev–Trinajstić information content (AvgIpc) is 3.03. The second kappa shape index (κ2) is 6.33. The third kappa shape index (κ3) is 3.36. The van der Waals surface area contributed by atoms with Crippen LogP contribution in [0.25, 0.3) is 11.3 Å². The van der Waals surface area contributed by atoms with E-state index in [0.717, 1.165) is 41.4 Å². The molecule has 21 heavy (non-hydrogen) atoms. The van der Waals surface area contributed by atoms with Crippen molar-refractivity contribution in [1.29, 1.82) is 5.26 Å². The molecule has 0 atom stereocenters. The number of hydrogen-bond acceptors (Lipinski definition) is 5. The van der Waals surface area contributed by atoms with Gasteiger partial charge < -0.3 is 0 Å². The topological polar surface area (TPSA) is 61.1 Å². The maximum atomic E-state index is 8.80. The normalized spacial score (nSPS) is 15.9. The lowest BCUT2D eigenvalue weighted by Gasteiger charge is -2.05. The highest BCUT2D eigenvalue weighted by molar-refractivity contribution is 7.14. The first-order chi connectivity index (χ1) is 10.3. The molecule has 4 nitrogen and oxygen atoms in total. The van der Waals surface area contributed by atoms with Crippen molar-refractivity contribution in [2.24, 2.45) is 5.10 Å². The van der Waals surface area contributed by atoms with E-state index in [9.17, 15) is 0 Å². The quantitative estimate of drug-likeness (QED) is 0.863. The van der Waals surface area contributed by atoms with Gasteiger partial charge in [-0.3, -0.25) is 5.43 Å². The van der Waals surface area contributed by atoms with Crippen LogP contribution >= 0.6 is 11.3 Å². The minimum Gasteiger partial charge on any atom is -0.252 e. The van der Waals surface area contributed by atoms with Crippen molar-refractivity contribution in [3.63, 3.8) is 0 Å². The summed E-state index contributed by atoms with van der Waals surface area (Å²) in [5.41, 5.74) is 6.64. The number of benzene rings is 1. The molecule has 0 radical (unpaired) electrons. The van der Waals surface area contributed by atoms with Gasteiger partial charge in [-0.2, -0.15) is 10.4 Å². The summed E-state index contributed by atoms with van der Waals surface area (Å²) in [6.07, 6.45) is 7.52. The number of aromatic nitrogens is 1. The van der Waals surface area contributed by atoms with E-state index in [1.165, 1.54) is 11.3 Å². The number of anilines is 1. The van der Waals surface area contributed by atoms with Gasteiger partial charge in [0.25, 0.3) is 0 Å². The van der Waals surface area contributed by atoms with Gasteiger partial charge in [0.1, 0.15) is 0 Å². The van der Waals surface area contributed by atoms with Gasteiger partial charge in [0.05, 0.1) is 23.0 Å². The van der Waals surface area contributed by atoms with Crippen LogP contribution in [0.2, 0.25) is 0 Å². The average molecular weight is 294 g/mol.